The number of aryl methyl sites for hydroxylation is 1. The number of aromatic hydroxyl groups is 1. The summed E-state index contributed by atoms with van der Waals surface area (Å²) in [5, 5.41) is 21.7. The van der Waals surface area contributed by atoms with Gasteiger partial charge in [-0.25, -0.2) is 8.78 Å². The zero-order chi connectivity index (χ0) is 34.1. The molecule has 4 heterocycles. The molecule has 2 aromatic heterocycles. The monoisotopic (exact) mass is 643 g/mol. The molecule has 2 aromatic carbocycles. The van der Waals surface area contributed by atoms with E-state index < -0.39 is 52.9 Å². The number of benzene rings is 2. The van der Waals surface area contributed by atoms with Crippen LogP contribution in [0.3, 0.4) is 0 Å². The average molecular weight is 644 g/mol. The number of carbonyl (C=O) groups excluding carboxylic acids is 2. The number of carbonyl (C=O) groups is 2. The van der Waals surface area contributed by atoms with Gasteiger partial charge in [0.2, 0.25) is 5.91 Å². The van der Waals surface area contributed by atoms with Crippen LogP contribution in [-0.4, -0.2) is 74.8 Å². The van der Waals surface area contributed by atoms with E-state index in [-0.39, 0.29) is 52.4 Å². The van der Waals surface area contributed by atoms with E-state index in [0.29, 0.717) is 16.9 Å². The second-order valence-electron chi connectivity index (χ2n) is 12.5. The van der Waals surface area contributed by atoms with Crippen LogP contribution in [0, 0.1) is 18.6 Å². The number of anilines is 2. The molecule has 6 rings (SSSR count). The predicted molar refractivity (Wildman–Crippen MR) is 175 cm³/mol. The lowest BCUT2D eigenvalue weighted by Gasteiger charge is -2.56. The number of hydrogen-bond acceptors (Lipinski definition) is 7. The van der Waals surface area contributed by atoms with E-state index in [2.05, 4.69) is 11.6 Å². The van der Waals surface area contributed by atoms with Crippen LogP contribution in [0.25, 0.3) is 27.7 Å². The number of aliphatic hydroxyl groups is 1. The highest BCUT2D eigenvalue weighted by molar-refractivity contribution is 6.15. The van der Waals surface area contributed by atoms with Gasteiger partial charge >= 0.3 is 0 Å². The minimum atomic E-state index is -1.70. The van der Waals surface area contributed by atoms with Crippen molar-refractivity contribution in [1.82, 2.24) is 14.5 Å². The summed E-state index contributed by atoms with van der Waals surface area (Å²) in [4.78, 5) is 50.7. The Kier molecular flexibility index (Phi) is 7.66. The number of amides is 2. The first-order valence-electron chi connectivity index (χ1n) is 15.2. The minimum absolute atomic E-state index is 0.0198. The van der Waals surface area contributed by atoms with E-state index in [0.717, 1.165) is 23.1 Å². The molecule has 0 bridgehead atoms. The van der Waals surface area contributed by atoms with Gasteiger partial charge in [-0.1, -0.05) is 26.5 Å². The maximum Gasteiger partial charge on any atom is 0.281 e. The van der Waals surface area contributed by atoms with Gasteiger partial charge < -0.3 is 24.9 Å². The number of likely N-dealkylation sites (N-methyl/N-ethyl adjacent to an activating group) is 1. The van der Waals surface area contributed by atoms with Gasteiger partial charge in [-0.15, -0.1) is 0 Å². The molecule has 244 valence electrons. The van der Waals surface area contributed by atoms with Gasteiger partial charge in [0, 0.05) is 36.8 Å². The fourth-order valence-electron chi connectivity index (χ4n) is 7.01. The van der Waals surface area contributed by atoms with E-state index in [1.807, 2.05) is 13.8 Å². The highest BCUT2D eigenvalue weighted by Gasteiger charge is 2.56. The van der Waals surface area contributed by atoms with Crippen molar-refractivity contribution in [3.05, 3.63) is 88.5 Å². The molecular formula is C35H35F2N5O5. The number of nitrogens with zero attached hydrogens (tertiary/aromatic N) is 5. The van der Waals surface area contributed by atoms with Crippen LogP contribution in [0.15, 0.2) is 60.0 Å². The molecule has 0 aliphatic carbocycles. The first-order chi connectivity index (χ1) is 22.3. The Morgan fingerprint density at radius 2 is 1.87 bits per heavy atom. The van der Waals surface area contributed by atoms with Crippen LogP contribution in [0.2, 0.25) is 0 Å². The fourth-order valence-corrected chi connectivity index (χ4v) is 7.01. The number of fused-ring (bicyclic) bond motifs is 5. The van der Waals surface area contributed by atoms with Crippen LogP contribution in [-0.2, 0) is 9.59 Å². The Morgan fingerprint density at radius 1 is 1.15 bits per heavy atom. The zero-order valence-electron chi connectivity index (χ0n) is 26.7. The number of halogens is 2. The quantitative estimate of drug-likeness (QED) is 0.310. The lowest BCUT2D eigenvalue weighted by molar-refractivity contribution is -0.135. The van der Waals surface area contributed by atoms with Crippen LogP contribution in [0.1, 0.15) is 37.9 Å². The van der Waals surface area contributed by atoms with Crippen LogP contribution >= 0.6 is 0 Å². The largest absolute Gasteiger partial charge is 0.507 e. The normalized spacial score (nSPS) is 19.3. The third kappa shape index (κ3) is 4.53. The van der Waals surface area contributed by atoms with Gasteiger partial charge in [-0.3, -0.25) is 23.9 Å². The van der Waals surface area contributed by atoms with Gasteiger partial charge in [0.25, 0.3) is 11.5 Å². The van der Waals surface area contributed by atoms with E-state index >= 15 is 8.78 Å². The number of pyridine rings is 2. The van der Waals surface area contributed by atoms with Gasteiger partial charge in [0.15, 0.2) is 5.54 Å². The van der Waals surface area contributed by atoms with E-state index in [1.54, 1.807) is 31.0 Å². The van der Waals surface area contributed by atoms with Crippen molar-refractivity contribution in [3.63, 3.8) is 0 Å². The number of phenolic OH excluding ortho intramolecular Hbond substituents is 1. The summed E-state index contributed by atoms with van der Waals surface area (Å²) in [6.07, 6.45) is 2.76. The number of phenols is 1. The Hall–Kier alpha value is -5.10. The van der Waals surface area contributed by atoms with Gasteiger partial charge in [-0.2, -0.15) is 0 Å². The molecule has 0 saturated carbocycles. The second kappa shape index (κ2) is 11.3. The Labute approximate surface area is 269 Å². The molecule has 2 unspecified atom stereocenters. The Bertz CT molecular complexity index is 2040. The molecule has 1 fully saturated rings. The van der Waals surface area contributed by atoms with Crippen molar-refractivity contribution in [2.24, 2.45) is 0 Å². The maximum absolute atomic E-state index is 16.3. The molecule has 47 heavy (non-hydrogen) atoms. The van der Waals surface area contributed by atoms with E-state index in [1.165, 1.54) is 34.7 Å². The maximum atomic E-state index is 16.3. The number of piperazine rings is 1. The average Bonchev–Trinajstić information content (AvgIpc) is 3.03. The second-order valence-corrected chi connectivity index (χ2v) is 12.5. The molecule has 2 aliphatic heterocycles. The molecule has 0 spiro atoms. The summed E-state index contributed by atoms with van der Waals surface area (Å²) in [5.74, 6) is -3.45. The van der Waals surface area contributed by atoms with Gasteiger partial charge in [-0.05, 0) is 61.7 Å². The van der Waals surface area contributed by atoms with Crippen molar-refractivity contribution in [3.8, 4) is 22.6 Å². The van der Waals surface area contributed by atoms with E-state index in [4.69, 9.17) is 0 Å². The first kappa shape index (κ1) is 31.9. The molecule has 2 aliphatic rings. The fraction of sp³-hybridized carbons (Fsp3) is 0.314. The molecule has 2 N–H and O–H groups in total. The van der Waals surface area contributed by atoms with Crippen LogP contribution in [0.4, 0.5) is 20.2 Å². The topological polar surface area (TPSA) is 119 Å². The zero-order valence-corrected chi connectivity index (χ0v) is 26.7. The third-order valence-electron chi connectivity index (χ3n) is 9.35. The van der Waals surface area contributed by atoms with Gasteiger partial charge in [0.05, 0.1) is 41.3 Å². The van der Waals surface area contributed by atoms with Crippen molar-refractivity contribution >= 4 is 34.1 Å². The van der Waals surface area contributed by atoms with Crippen molar-refractivity contribution in [1.29, 1.82) is 0 Å². The van der Waals surface area contributed by atoms with Crippen molar-refractivity contribution < 1.29 is 28.6 Å². The molecule has 1 saturated heterocycles. The smallest absolute Gasteiger partial charge is 0.281 e. The molecular weight excluding hydrogens is 608 g/mol. The molecule has 0 radical (unpaired) electrons. The Balaban J connectivity index is 1.80. The summed E-state index contributed by atoms with van der Waals surface area (Å²) < 4.78 is 32.9. The summed E-state index contributed by atoms with van der Waals surface area (Å²) in [6, 6.07) is 7.35. The lowest BCUT2D eigenvalue weighted by Crippen LogP contribution is -2.75. The predicted octanol–water partition coefficient (Wildman–Crippen LogP) is 4.40. The highest BCUT2D eigenvalue weighted by atomic mass is 19.1. The standard InChI is InChI=1S/C35H35F2N5O5/c1-7-27(45)40-16-35(17-43)34(47)39(6)32-31(41(35)15-20(40)5)22-13-24(37)21(28-23(36)9-8-10-26(28)44)14-25(22)42(33(32)46)30-19(4)11-12-38-29(30)18(2)3/h7-14,18,20,43-44H,1,15-17H2,2-6H3. The highest BCUT2D eigenvalue weighted by Crippen LogP contribution is 2.47. The number of rotatable bonds is 5. The molecule has 12 heteroatoms. The molecule has 2 amide bonds. The summed E-state index contributed by atoms with van der Waals surface area (Å²) in [5.41, 5.74) is -1.03. The van der Waals surface area contributed by atoms with Crippen LogP contribution in [0.5, 0.6) is 5.75 Å². The minimum Gasteiger partial charge on any atom is -0.507 e. The third-order valence-corrected chi connectivity index (χ3v) is 9.35. The summed E-state index contributed by atoms with van der Waals surface area (Å²) in [7, 11) is 1.41. The van der Waals surface area contributed by atoms with E-state index in [9.17, 15) is 24.6 Å². The summed E-state index contributed by atoms with van der Waals surface area (Å²) in [6.45, 7) is 10.1. The number of hydrogen-bond donors (Lipinski definition) is 2. The molecule has 2 atom stereocenters. The van der Waals surface area contributed by atoms with Gasteiger partial charge in [0.1, 0.15) is 23.1 Å². The SMILES string of the molecule is C=CC(=O)N1CC2(CO)C(=O)N(C)c3c(c4cc(F)c(-c5c(O)cccc5F)cc4n(-c4c(C)ccnc4C(C)C)c3=O)N2CC1C. The van der Waals surface area contributed by atoms with Crippen molar-refractivity contribution in [2.75, 3.05) is 36.5 Å². The number of aliphatic hydroxyl groups excluding tert-OH is 1. The lowest BCUT2D eigenvalue weighted by atomic mass is 9.86. The van der Waals surface area contributed by atoms with Crippen molar-refractivity contribution in [2.45, 2.75) is 45.2 Å². The number of aromatic nitrogens is 2. The van der Waals surface area contributed by atoms with Crippen LogP contribution < -0.4 is 15.4 Å². The molecule has 10 nitrogen and oxygen atoms in total. The summed E-state index contributed by atoms with van der Waals surface area (Å²) >= 11 is 0. The first-order valence-corrected chi connectivity index (χ1v) is 15.2. The molecule has 4 aromatic rings. The Morgan fingerprint density at radius 3 is 2.51 bits per heavy atom.